The summed E-state index contributed by atoms with van der Waals surface area (Å²) in [6.45, 7) is 5.49. The number of nitrogens with zero attached hydrogens (tertiary/aromatic N) is 2. The molecule has 9 heteroatoms. The fourth-order valence-electron chi connectivity index (χ4n) is 5.42. The average Bonchev–Trinajstić information content (AvgIpc) is 2.96. The quantitative estimate of drug-likeness (QED) is 0.233. The van der Waals surface area contributed by atoms with Crippen molar-refractivity contribution in [2.75, 3.05) is 34.4 Å². The Kier molecular flexibility index (Phi) is 10.2. The van der Waals surface area contributed by atoms with Gasteiger partial charge < -0.3 is 24.8 Å². The highest BCUT2D eigenvalue weighted by Gasteiger charge is 2.44. The summed E-state index contributed by atoms with van der Waals surface area (Å²) in [5.41, 5.74) is 4.36. The second-order valence-corrected chi connectivity index (χ2v) is 11.7. The summed E-state index contributed by atoms with van der Waals surface area (Å²) in [5.74, 6) is -0.468. The number of carbonyl (C=O) groups excluding carboxylic acids is 2. The summed E-state index contributed by atoms with van der Waals surface area (Å²) in [6, 6.07) is 15.3. The Balaban J connectivity index is 1.74. The number of halogens is 1. The lowest BCUT2D eigenvalue weighted by Crippen LogP contribution is -2.57. The molecule has 42 heavy (non-hydrogen) atoms. The number of methoxy groups -OCH3 is 1. The van der Waals surface area contributed by atoms with Crippen molar-refractivity contribution in [1.29, 1.82) is 0 Å². The van der Waals surface area contributed by atoms with Gasteiger partial charge in [-0.05, 0) is 95.4 Å². The van der Waals surface area contributed by atoms with E-state index < -0.39 is 23.5 Å². The number of aliphatic hydroxyl groups is 1. The number of hydrogen-bond acceptors (Lipinski definition) is 7. The van der Waals surface area contributed by atoms with E-state index in [-0.39, 0.29) is 18.5 Å². The Morgan fingerprint density at radius 2 is 1.79 bits per heavy atom. The van der Waals surface area contributed by atoms with Crippen molar-refractivity contribution in [1.82, 2.24) is 15.2 Å². The van der Waals surface area contributed by atoms with Crippen LogP contribution in [0.4, 0.5) is 0 Å². The van der Waals surface area contributed by atoms with Gasteiger partial charge in [0.05, 0.1) is 30.5 Å². The molecule has 2 N–H and O–H groups in total. The number of amides is 1. The smallest absolute Gasteiger partial charge is 0.331 e. The van der Waals surface area contributed by atoms with Crippen LogP contribution in [0.2, 0.25) is 5.02 Å². The van der Waals surface area contributed by atoms with Gasteiger partial charge >= 0.3 is 5.97 Å². The van der Waals surface area contributed by atoms with Gasteiger partial charge in [-0.2, -0.15) is 0 Å². The minimum Gasteiger partial charge on any atom is -0.492 e. The molecular weight excluding hydrogens is 554 g/mol. The highest BCUT2D eigenvalue weighted by Crippen LogP contribution is 2.37. The zero-order chi connectivity index (χ0) is 30.4. The molecule has 0 aliphatic heterocycles. The van der Waals surface area contributed by atoms with Crippen LogP contribution in [0.5, 0.6) is 5.75 Å². The number of aromatic nitrogens is 1. The van der Waals surface area contributed by atoms with Gasteiger partial charge in [0.1, 0.15) is 17.0 Å². The molecule has 0 unspecified atom stereocenters. The predicted molar refractivity (Wildman–Crippen MR) is 165 cm³/mol. The van der Waals surface area contributed by atoms with Crippen molar-refractivity contribution < 1.29 is 24.2 Å². The molecule has 4 rings (SSSR count). The third kappa shape index (κ3) is 7.30. The minimum absolute atomic E-state index is 0.163. The number of nitrogens with one attached hydrogen (secondary N) is 1. The normalized spacial score (nSPS) is 18.5. The maximum atomic E-state index is 13.6. The van der Waals surface area contributed by atoms with Gasteiger partial charge in [0, 0.05) is 17.7 Å². The summed E-state index contributed by atoms with van der Waals surface area (Å²) in [4.78, 5) is 33.4. The van der Waals surface area contributed by atoms with Gasteiger partial charge in [-0.1, -0.05) is 41.4 Å². The molecule has 1 heterocycles. The summed E-state index contributed by atoms with van der Waals surface area (Å²) in [7, 11) is 5.33. The number of carbonyl (C=O) groups is 2. The Bertz CT molecular complexity index is 1430. The van der Waals surface area contributed by atoms with Crippen molar-refractivity contribution >= 4 is 23.5 Å². The van der Waals surface area contributed by atoms with E-state index in [1.807, 2.05) is 52.2 Å². The van der Waals surface area contributed by atoms with E-state index in [4.69, 9.17) is 26.1 Å². The number of aryl methyl sites for hydroxylation is 2. The molecule has 3 aromatic rings. The van der Waals surface area contributed by atoms with Crippen LogP contribution in [0.1, 0.15) is 53.7 Å². The van der Waals surface area contributed by atoms with Crippen LogP contribution >= 0.6 is 11.6 Å². The van der Waals surface area contributed by atoms with Crippen LogP contribution in [-0.2, 0) is 9.53 Å². The van der Waals surface area contributed by atoms with E-state index in [0.29, 0.717) is 35.9 Å². The van der Waals surface area contributed by atoms with Crippen LogP contribution < -0.4 is 10.1 Å². The molecule has 0 radical (unpaired) electrons. The predicted octanol–water partition coefficient (Wildman–Crippen LogP) is 5.59. The lowest BCUT2D eigenvalue weighted by molar-refractivity contribution is -0.150. The summed E-state index contributed by atoms with van der Waals surface area (Å²) in [5, 5.41) is 13.4. The zero-order valence-corrected chi connectivity index (χ0v) is 25.8. The number of esters is 1. The van der Waals surface area contributed by atoms with Crippen LogP contribution in [0.25, 0.3) is 22.4 Å². The molecule has 224 valence electrons. The Morgan fingerprint density at radius 1 is 1.07 bits per heavy atom. The zero-order valence-electron chi connectivity index (χ0n) is 25.0. The van der Waals surface area contributed by atoms with Crippen molar-refractivity contribution in [2.45, 2.75) is 57.6 Å². The van der Waals surface area contributed by atoms with E-state index in [0.717, 1.165) is 40.8 Å². The van der Waals surface area contributed by atoms with Gasteiger partial charge in [0.25, 0.3) is 5.91 Å². The Morgan fingerprint density at radius 3 is 2.45 bits per heavy atom. The van der Waals surface area contributed by atoms with Crippen LogP contribution in [0.3, 0.4) is 0 Å². The van der Waals surface area contributed by atoms with Crippen molar-refractivity contribution in [3.05, 3.63) is 70.4 Å². The molecule has 1 saturated carbocycles. The maximum absolute atomic E-state index is 13.6. The van der Waals surface area contributed by atoms with Crippen molar-refractivity contribution in [2.24, 2.45) is 0 Å². The molecule has 0 spiro atoms. The van der Waals surface area contributed by atoms with Crippen LogP contribution in [0, 0.1) is 13.8 Å². The van der Waals surface area contributed by atoms with Gasteiger partial charge in [0.15, 0.2) is 0 Å². The first-order valence-electron chi connectivity index (χ1n) is 14.3. The van der Waals surface area contributed by atoms with E-state index in [2.05, 4.69) is 22.3 Å². The molecular formula is C33H40ClN3O5. The molecule has 1 aromatic heterocycles. The molecule has 2 aromatic carbocycles. The fraction of sp³-hybridized carbons (Fsp3) is 0.424. The summed E-state index contributed by atoms with van der Waals surface area (Å²) >= 11 is 6.50. The van der Waals surface area contributed by atoms with E-state index in [9.17, 15) is 14.7 Å². The third-order valence-corrected chi connectivity index (χ3v) is 8.06. The Hall–Kier alpha value is -3.46. The van der Waals surface area contributed by atoms with Gasteiger partial charge in [0.2, 0.25) is 0 Å². The Labute approximate surface area is 253 Å². The highest BCUT2D eigenvalue weighted by molar-refractivity contribution is 6.32. The number of pyridine rings is 1. The van der Waals surface area contributed by atoms with Crippen molar-refractivity contribution in [3.63, 3.8) is 0 Å². The lowest BCUT2D eigenvalue weighted by Gasteiger charge is -2.36. The molecule has 0 atom stereocenters. The number of hydrogen-bond donors (Lipinski definition) is 2. The first kappa shape index (κ1) is 31.5. The summed E-state index contributed by atoms with van der Waals surface area (Å²) < 4.78 is 11.1. The molecule has 1 aliphatic rings. The second kappa shape index (κ2) is 13.7. The largest absolute Gasteiger partial charge is 0.492 e. The van der Waals surface area contributed by atoms with E-state index in [1.165, 1.54) is 7.11 Å². The number of rotatable bonds is 10. The first-order chi connectivity index (χ1) is 20.0. The molecule has 1 aliphatic carbocycles. The number of benzene rings is 2. The van der Waals surface area contributed by atoms with Crippen LogP contribution in [-0.4, -0.2) is 72.9 Å². The SMILES string of the molecule is COC(=O)C1(NC(=O)c2ccc(-c3ccc(C)cc3C)c(-c3ccc(Cl)c(OCCCN(C)C)c3)n2)CCC(O)CC1. The van der Waals surface area contributed by atoms with Gasteiger partial charge in [-0.25, -0.2) is 9.78 Å². The molecule has 0 saturated heterocycles. The highest BCUT2D eigenvalue weighted by atomic mass is 35.5. The third-order valence-electron chi connectivity index (χ3n) is 7.75. The van der Waals surface area contributed by atoms with Gasteiger partial charge in [-0.15, -0.1) is 0 Å². The van der Waals surface area contributed by atoms with Gasteiger partial charge in [-0.3, -0.25) is 4.79 Å². The van der Waals surface area contributed by atoms with E-state index >= 15 is 0 Å². The molecule has 1 fully saturated rings. The second-order valence-electron chi connectivity index (χ2n) is 11.3. The lowest BCUT2D eigenvalue weighted by atomic mass is 9.80. The van der Waals surface area contributed by atoms with E-state index in [1.54, 1.807) is 12.1 Å². The standard InChI is InChI=1S/C33H40ClN3O5/c1-21-7-9-25(22(2)19-21)26-10-12-28(31(39)36-33(32(40)41-5)15-13-24(38)14-16-33)35-30(26)23-8-11-27(34)29(20-23)42-18-6-17-37(3)4/h7-12,19-20,24,38H,6,13-18H2,1-5H3,(H,36,39). The maximum Gasteiger partial charge on any atom is 0.331 e. The average molecular weight is 594 g/mol. The minimum atomic E-state index is -1.22. The summed E-state index contributed by atoms with van der Waals surface area (Å²) in [6.07, 6.45) is 1.68. The number of ether oxygens (including phenoxy) is 2. The van der Waals surface area contributed by atoms with Crippen LogP contribution in [0.15, 0.2) is 48.5 Å². The van der Waals surface area contributed by atoms with Crippen molar-refractivity contribution in [3.8, 4) is 28.1 Å². The fourth-order valence-corrected chi connectivity index (χ4v) is 5.59. The molecule has 8 nitrogen and oxygen atoms in total. The topological polar surface area (TPSA) is 101 Å². The molecule has 0 bridgehead atoms. The molecule has 1 amide bonds. The number of aliphatic hydroxyl groups excluding tert-OH is 1. The first-order valence-corrected chi connectivity index (χ1v) is 14.7. The monoisotopic (exact) mass is 593 g/mol.